The van der Waals surface area contributed by atoms with E-state index in [0.717, 1.165) is 5.56 Å². The Labute approximate surface area is 190 Å². The monoisotopic (exact) mass is 457 g/mol. The molecule has 0 aliphatic carbocycles. The number of hydrogen-bond donors (Lipinski definition) is 3. The zero-order chi connectivity index (χ0) is 23.6. The molecule has 0 saturated heterocycles. The smallest absolute Gasteiger partial charge is 0.241 e. The number of primary amides is 1. The van der Waals surface area contributed by atoms with Crippen LogP contribution in [0.2, 0.25) is 5.02 Å². The van der Waals surface area contributed by atoms with Gasteiger partial charge in [0, 0.05) is 22.7 Å². The van der Waals surface area contributed by atoms with E-state index in [9.17, 15) is 14.3 Å². The van der Waals surface area contributed by atoms with Crippen molar-refractivity contribution in [2.24, 2.45) is 5.73 Å². The van der Waals surface area contributed by atoms with Crippen LogP contribution in [0.1, 0.15) is 31.0 Å². The lowest BCUT2D eigenvalue weighted by atomic mass is 9.96. The number of benzene rings is 2. The van der Waals surface area contributed by atoms with Gasteiger partial charge in [-0.05, 0) is 57.8 Å². The molecule has 0 saturated carbocycles. The number of carbonyl (C=O) groups excluding carboxylic acids is 1. The van der Waals surface area contributed by atoms with Crippen molar-refractivity contribution in [3.63, 3.8) is 0 Å². The first-order valence-electron chi connectivity index (χ1n) is 9.85. The van der Waals surface area contributed by atoms with E-state index in [4.69, 9.17) is 17.3 Å². The van der Waals surface area contributed by atoms with Gasteiger partial charge < -0.3 is 16.2 Å². The highest BCUT2D eigenvalue weighted by Crippen LogP contribution is 2.35. The molecule has 2 aromatic carbocycles. The fraction of sp³-hybridized carbons (Fsp3) is 0.261. The highest BCUT2D eigenvalue weighted by molar-refractivity contribution is 6.31. The second-order valence-electron chi connectivity index (χ2n) is 8.16. The third-order valence-electron chi connectivity index (χ3n) is 4.97. The molecule has 168 valence electrons. The second kappa shape index (κ2) is 9.20. The van der Waals surface area contributed by atoms with Gasteiger partial charge in [-0.15, -0.1) is 0 Å². The Morgan fingerprint density at radius 2 is 2.00 bits per heavy atom. The molecule has 1 aromatic heterocycles. The largest absolute Gasteiger partial charge is 0.386 e. The summed E-state index contributed by atoms with van der Waals surface area (Å²) in [6.45, 7) is 3.12. The third kappa shape index (κ3) is 5.21. The number of aromatic nitrogens is 2. The summed E-state index contributed by atoms with van der Waals surface area (Å²) >= 11 is 6.00. The number of hydrogen-bond acceptors (Lipinski definition) is 6. The number of anilines is 2. The minimum Gasteiger partial charge on any atom is -0.386 e. The molecule has 1 atom stereocenters. The summed E-state index contributed by atoms with van der Waals surface area (Å²) in [5, 5.41) is 14.3. The Morgan fingerprint density at radius 3 is 2.62 bits per heavy atom. The Hall–Kier alpha value is -3.07. The van der Waals surface area contributed by atoms with Crippen LogP contribution in [0.15, 0.2) is 48.8 Å². The van der Waals surface area contributed by atoms with Gasteiger partial charge in [0.2, 0.25) is 5.91 Å². The van der Waals surface area contributed by atoms with Crippen LogP contribution in [-0.2, 0) is 10.4 Å². The number of halogens is 2. The molecular formula is C23H25ClFN5O2. The zero-order valence-corrected chi connectivity index (χ0v) is 19.0. The number of nitrogens with two attached hydrogens (primary N) is 1. The average molecular weight is 458 g/mol. The minimum absolute atomic E-state index is 0.0798. The maximum Gasteiger partial charge on any atom is 0.241 e. The van der Waals surface area contributed by atoms with E-state index in [1.807, 2.05) is 37.2 Å². The van der Waals surface area contributed by atoms with Gasteiger partial charge in [0.25, 0.3) is 0 Å². The van der Waals surface area contributed by atoms with Crippen LogP contribution in [0.25, 0.3) is 10.9 Å². The molecule has 0 spiro atoms. The molecule has 1 unspecified atom stereocenters. The lowest BCUT2D eigenvalue weighted by Crippen LogP contribution is -2.19. The molecule has 0 radical (unpaired) electrons. The summed E-state index contributed by atoms with van der Waals surface area (Å²) in [6, 6.07) is 8.07. The lowest BCUT2D eigenvalue weighted by molar-refractivity contribution is -0.113. The topological polar surface area (TPSA) is 104 Å². The van der Waals surface area contributed by atoms with E-state index in [0.29, 0.717) is 28.0 Å². The summed E-state index contributed by atoms with van der Waals surface area (Å²) < 4.78 is 14.1. The van der Waals surface area contributed by atoms with E-state index >= 15 is 0 Å². The van der Waals surface area contributed by atoms with Crippen molar-refractivity contribution in [2.45, 2.75) is 25.5 Å². The fourth-order valence-corrected chi connectivity index (χ4v) is 3.57. The summed E-state index contributed by atoms with van der Waals surface area (Å²) in [5.74, 6) is -0.698. The number of carbonyl (C=O) groups is 1. The first-order valence-corrected chi connectivity index (χ1v) is 10.2. The number of likely N-dealkylation sites (N-methyl/N-ethyl adjacent to an activating group) is 1. The van der Waals surface area contributed by atoms with Crippen molar-refractivity contribution in [1.29, 1.82) is 0 Å². The van der Waals surface area contributed by atoms with Gasteiger partial charge in [-0.2, -0.15) is 0 Å². The molecule has 0 aliphatic rings. The lowest BCUT2D eigenvalue weighted by Gasteiger charge is -2.24. The molecule has 1 heterocycles. The Balaban J connectivity index is 2.12. The predicted molar refractivity (Wildman–Crippen MR) is 124 cm³/mol. The summed E-state index contributed by atoms with van der Waals surface area (Å²) in [4.78, 5) is 21.8. The van der Waals surface area contributed by atoms with Crippen LogP contribution in [0, 0.1) is 5.82 Å². The molecule has 3 aromatic rings. The molecule has 32 heavy (non-hydrogen) atoms. The zero-order valence-electron chi connectivity index (χ0n) is 18.2. The Morgan fingerprint density at radius 1 is 1.28 bits per heavy atom. The van der Waals surface area contributed by atoms with Crippen molar-refractivity contribution in [3.8, 4) is 0 Å². The molecule has 7 nitrogen and oxygen atoms in total. The van der Waals surface area contributed by atoms with Crippen molar-refractivity contribution >= 4 is 39.9 Å². The molecule has 0 fully saturated rings. The van der Waals surface area contributed by atoms with Crippen molar-refractivity contribution in [3.05, 3.63) is 70.8 Å². The number of nitrogens with one attached hydrogen (secondary N) is 1. The van der Waals surface area contributed by atoms with E-state index in [1.165, 1.54) is 24.5 Å². The first kappa shape index (κ1) is 23.6. The van der Waals surface area contributed by atoms with E-state index < -0.39 is 17.3 Å². The van der Waals surface area contributed by atoms with Gasteiger partial charge in [-0.3, -0.25) is 9.69 Å². The van der Waals surface area contributed by atoms with Gasteiger partial charge in [0.05, 0.1) is 22.2 Å². The number of fused-ring (bicyclic) bond motifs is 1. The van der Waals surface area contributed by atoms with Crippen LogP contribution in [0.3, 0.4) is 0 Å². The molecule has 1 amide bonds. The molecule has 9 heteroatoms. The Kier molecular flexibility index (Phi) is 6.78. The average Bonchev–Trinajstić information content (AvgIpc) is 2.69. The SMILES string of the molecule is CN(C)C(C=CC(N)=O)c1ccc2ncnc(Nc3cc(Cl)c(F)cc3C(C)(C)O)c2c1. The van der Waals surface area contributed by atoms with Gasteiger partial charge in [0.1, 0.15) is 18.0 Å². The maximum atomic E-state index is 14.1. The van der Waals surface area contributed by atoms with Crippen LogP contribution in [0.4, 0.5) is 15.9 Å². The van der Waals surface area contributed by atoms with Gasteiger partial charge in [-0.25, -0.2) is 14.4 Å². The molecule has 3 rings (SSSR count). The van der Waals surface area contributed by atoms with E-state index in [2.05, 4.69) is 15.3 Å². The van der Waals surface area contributed by atoms with Crippen LogP contribution in [-0.4, -0.2) is 40.0 Å². The van der Waals surface area contributed by atoms with Crippen molar-refractivity contribution in [1.82, 2.24) is 14.9 Å². The highest BCUT2D eigenvalue weighted by atomic mass is 35.5. The Bertz CT molecular complexity index is 1190. The van der Waals surface area contributed by atoms with Crippen LogP contribution in [0.5, 0.6) is 0 Å². The van der Waals surface area contributed by atoms with Crippen LogP contribution < -0.4 is 11.1 Å². The number of nitrogens with zero attached hydrogens (tertiary/aromatic N) is 3. The van der Waals surface area contributed by atoms with Crippen LogP contribution >= 0.6 is 11.6 Å². The van der Waals surface area contributed by atoms with E-state index in [1.54, 1.807) is 19.9 Å². The highest BCUT2D eigenvalue weighted by Gasteiger charge is 2.23. The number of rotatable bonds is 7. The van der Waals surface area contributed by atoms with Crippen molar-refractivity contribution < 1.29 is 14.3 Å². The first-order chi connectivity index (χ1) is 15.0. The quantitative estimate of drug-likeness (QED) is 0.462. The summed E-state index contributed by atoms with van der Waals surface area (Å²) in [6.07, 6.45) is 4.45. The second-order valence-corrected chi connectivity index (χ2v) is 8.57. The fourth-order valence-electron chi connectivity index (χ4n) is 3.41. The maximum absolute atomic E-state index is 14.1. The molecule has 4 N–H and O–H groups in total. The molecular weight excluding hydrogens is 433 g/mol. The van der Waals surface area contributed by atoms with Gasteiger partial charge in [0.15, 0.2) is 0 Å². The molecule has 0 aliphatic heterocycles. The summed E-state index contributed by atoms with van der Waals surface area (Å²) in [5.41, 5.74) is 6.26. The van der Waals surface area contributed by atoms with Gasteiger partial charge in [-0.1, -0.05) is 23.7 Å². The molecule has 0 bridgehead atoms. The van der Waals surface area contributed by atoms with E-state index in [-0.39, 0.29) is 11.1 Å². The predicted octanol–water partition coefficient (Wildman–Crippen LogP) is 4.04. The minimum atomic E-state index is -1.32. The number of aliphatic hydroxyl groups is 1. The number of amides is 1. The third-order valence-corrected chi connectivity index (χ3v) is 5.26. The standard InChI is InChI=1S/C23H25ClFN5O2/c1-23(2,32)15-10-17(25)16(24)11-19(15)29-22-14-9-13(5-6-18(14)27-12-28-22)20(30(3)4)7-8-21(26)31/h5-12,20,32H,1-4H3,(H2,26,31)(H,27,28,29). The summed E-state index contributed by atoms with van der Waals surface area (Å²) in [7, 11) is 3.77. The van der Waals surface area contributed by atoms with Crippen molar-refractivity contribution in [2.75, 3.05) is 19.4 Å². The normalized spacial score (nSPS) is 13.1. The van der Waals surface area contributed by atoms with Gasteiger partial charge >= 0.3 is 0 Å².